The molecule has 2 rings (SSSR count). The molecule has 1 aromatic rings. The fraction of sp³-hybridized carbons (Fsp3) is 0.375. The van der Waals surface area contributed by atoms with Gasteiger partial charge in [0.25, 0.3) is 0 Å². The Balaban J connectivity index is 2.26. The number of carboxylic acids is 1. The van der Waals surface area contributed by atoms with Gasteiger partial charge in [0.05, 0.1) is 18.8 Å². The zero-order valence-corrected chi connectivity index (χ0v) is 7.75. The van der Waals surface area contributed by atoms with E-state index in [1.165, 1.54) is 15.6 Å². The van der Waals surface area contributed by atoms with Crippen LogP contribution in [-0.2, 0) is 13.1 Å². The first-order valence-electron chi connectivity index (χ1n) is 4.36. The van der Waals surface area contributed by atoms with Crippen molar-refractivity contribution < 1.29 is 19.8 Å². The Kier molecular flexibility index (Phi) is 2.07. The molecule has 1 aliphatic rings. The number of amides is 1. The van der Waals surface area contributed by atoms with Crippen molar-refractivity contribution in [2.75, 3.05) is 6.54 Å². The number of nitrogens with zero attached hydrogens (tertiary/aromatic N) is 3. The van der Waals surface area contributed by atoms with Crippen molar-refractivity contribution >= 4 is 12.1 Å². The third-order valence-corrected chi connectivity index (χ3v) is 2.29. The summed E-state index contributed by atoms with van der Waals surface area (Å²) in [6, 6.07) is 1.40. The van der Waals surface area contributed by atoms with Crippen LogP contribution in [0.2, 0.25) is 0 Å². The molecule has 0 saturated carbocycles. The molecule has 15 heavy (non-hydrogen) atoms. The minimum absolute atomic E-state index is 0.0442. The molecule has 0 bridgehead atoms. The summed E-state index contributed by atoms with van der Waals surface area (Å²) in [5.74, 6) is -1.10. The van der Waals surface area contributed by atoms with E-state index in [9.17, 15) is 9.59 Å². The van der Waals surface area contributed by atoms with E-state index >= 15 is 0 Å². The molecule has 0 spiro atoms. The standard InChI is InChI=1S/C8H9N3O4/c12-7(13)6-3-5-4-10(8(14)15)1-2-11(5)9-6/h3H,1-2,4H2,(H,12,13)(H,14,15). The summed E-state index contributed by atoms with van der Waals surface area (Å²) in [6.45, 7) is 0.924. The van der Waals surface area contributed by atoms with Crippen molar-refractivity contribution in [2.45, 2.75) is 13.1 Å². The molecule has 0 radical (unpaired) electrons. The maximum atomic E-state index is 10.7. The van der Waals surface area contributed by atoms with Crippen molar-refractivity contribution in [1.82, 2.24) is 14.7 Å². The van der Waals surface area contributed by atoms with Crippen LogP contribution in [0.15, 0.2) is 6.07 Å². The molecule has 0 fully saturated rings. The molecule has 2 N–H and O–H groups in total. The van der Waals surface area contributed by atoms with Gasteiger partial charge in [-0.3, -0.25) is 4.68 Å². The van der Waals surface area contributed by atoms with Crippen LogP contribution in [0.5, 0.6) is 0 Å². The number of hydrogen-bond donors (Lipinski definition) is 2. The van der Waals surface area contributed by atoms with Crippen LogP contribution in [0.25, 0.3) is 0 Å². The molecular formula is C8H9N3O4. The minimum atomic E-state index is -1.10. The summed E-state index contributed by atoms with van der Waals surface area (Å²) < 4.78 is 1.53. The third kappa shape index (κ3) is 1.63. The number of carboxylic acid groups (broad SMARTS) is 2. The molecule has 0 aromatic carbocycles. The van der Waals surface area contributed by atoms with Gasteiger partial charge in [0.1, 0.15) is 0 Å². The van der Waals surface area contributed by atoms with Gasteiger partial charge in [-0.15, -0.1) is 0 Å². The number of hydrogen-bond acceptors (Lipinski definition) is 3. The molecule has 2 heterocycles. The van der Waals surface area contributed by atoms with E-state index in [1.54, 1.807) is 0 Å². The number of carbonyl (C=O) groups is 2. The Hall–Kier alpha value is -2.05. The van der Waals surface area contributed by atoms with Crippen molar-refractivity contribution in [2.24, 2.45) is 0 Å². The van der Waals surface area contributed by atoms with Crippen LogP contribution in [-0.4, -0.2) is 43.5 Å². The average molecular weight is 211 g/mol. The molecule has 1 aliphatic heterocycles. The lowest BCUT2D eigenvalue weighted by Crippen LogP contribution is -2.37. The van der Waals surface area contributed by atoms with Gasteiger partial charge in [-0.25, -0.2) is 9.59 Å². The highest BCUT2D eigenvalue weighted by Gasteiger charge is 2.22. The van der Waals surface area contributed by atoms with Crippen LogP contribution in [0.4, 0.5) is 4.79 Å². The maximum Gasteiger partial charge on any atom is 0.407 e. The number of aromatic nitrogens is 2. The Morgan fingerprint density at radius 1 is 1.33 bits per heavy atom. The van der Waals surface area contributed by atoms with Crippen LogP contribution in [0.3, 0.4) is 0 Å². The molecule has 0 aliphatic carbocycles. The van der Waals surface area contributed by atoms with Crippen molar-refractivity contribution in [3.05, 3.63) is 17.5 Å². The predicted molar refractivity (Wildman–Crippen MR) is 47.6 cm³/mol. The monoisotopic (exact) mass is 211 g/mol. The minimum Gasteiger partial charge on any atom is -0.476 e. The quantitative estimate of drug-likeness (QED) is 0.685. The summed E-state index contributed by atoms with van der Waals surface area (Å²) in [4.78, 5) is 22.5. The van der Waals surface area contributed by atoms with Gasteiger partial charge in [0.15, 0.2) is 5.69 Å². The number of rotatable bonds is 1. The largest absolute Gasteiger partial charge is 0.476 e. The highest BCUT2D eigenvalue weighted by molar-refractivity contribution is 5.85. The van der Waals surface area contributed by atoms with Crippen LogP contribution in [0, 0.1) is 0 Å². The summed E-state index contributed by atoms with van der Waals surface area (Å²) in [5.41, 5.74) is 0.568. The fourth-order valence-electron chi connectivity index (χ4n) is 1.53. The van der Waals surface area contributed by atoms with Crippen molar-refractivity contribution in [3.63, 3.8) is 0 Å². The third-order valence-electron chi connectivity index (χ3n) is 2.29. The zero-order chi connectivity index (χ0) is 11.0. The van der Waals surface area contributed by atoms with E-state index in [1.807, 2.05) is 0 Å². The molecule has 80 valence electrons. The number of aromatic carboxylic acids is 1. The van der Waals surface area contributed by atoms with E-state index in [0.717, 1.165) is 0 Å². The molecule has 1 amide bonds. The number of fused-ring (bicyclic) bond motifs is 1. The highest BCUT2D eigenvalue weighted by Crippen LogP contribution is 2.13. The zero-order valence-electron chi connectivity index (χ0n) is 7.75. The molecule has 7 heteroatoms. The second kappa shape index (κ2) is 3.26. The first-order chi connectivity index (χ1) is 7.08. The first kappa shape index (κ1) is 9.50. The van der Waals surface area contributed by atoms with Crippen molar-refractivity contribution in [1.29, 1.82) is 0 Å². The molecule has 0 unspecified atom stereocenters. The first-order valence-corrected chi connectivity index (χ1v) is 4.36. The molecule has 1 aromatic heterocycles. The van der Waals surface area contributed by atoms with E-state index in [-0.39, 0.29) is 12.2 Å². The summed E-state index contributed by atoms with van der Waals surface area (Å²) in [7, 11) is 0. The molecule has 7 nitrogen and oxygen atoms in total. The molecule has 0 atom stereocenters. The van der Waals surface area contributed by atoms with E-state index < -0.39 is 12.1 Å². The maximum absolute atomic E-state index is 10.7. The van der Waals surface area contributed by atoms with Gasteiger partial charge >= 0.3 is 12.1 Å². The van der Waals surface area contributed by atoms with E-state index in [4.69, 9.17) is 10.2 Å². The normalized spacial score (nSPS) is 14.8. The van der Waals surface area contributed by atoms with Crippen LogP contribution >= 0.6 is 0 Å². The van der Waals surface area contributed by atoms with Gasteiger partial charge in [-0.2, -0.15) is 5.10 Å². The highest BCUT2D eigenvalue weighted by atomic mass is 16.4. The van der Waals surface area contributed by atoms with E-state index in [2.05, 4.69) is 5.10 Å². The van der Waals surface area contributed by atoms with Gasteiger partial charge in [0.2, 0.25) is 0 Å². The Labute approximate surface area is 84.5 Å². The van der Waals surface area contributed by atoms with Gasteiger partial charge in [-0.1, -0.05) is 0 Å². The second-order valence-corrected chi connectivity index (χ2v) is 3.25. The summed E-state index contributed by atoms with van der Waals surface area (Å²) in [5, 5.41) is 21.3. The summed E-state index contributed by atoms with van der Waals surface area (Å²) in [6.07, 6.45) is -1.00. The van der Waals surface area contributed by atoms with Crippen molar-refractivity contribution in [3.8, 4) is 0 Å². The smallest absolute Gasteiger partial charge is 0.407 e. The Morgan fingerprint density at radius 2 is 2.07 bits per heavy atom. The van der Waals surface area contributed by atoms with Gasteiger partial charge in [0, 0.05) is 6.54 Å². The lowest BCUT2D eigenvalue weighted by atomic mass is 10.3. The topological polar surface area (TPSA) is 95.7 Å². The Morgan fingerprint density at radius 3 is 2.67 bits per heavy atom. The van der Waals surface area contributed by atoms with Crippen LogP contribution < -0.4 is 0 Å². The van der Waals surface area contributed by atoms with Crippen LogP contribution in [0.1, 0.15) is 16.2 Å². The Bertz CT molecular complexity index is 426. The lowest BCUT2D eigenvalue weighted by Gasteiger charge is -2.24. The predicted octanol–water partition coefficient (Wildman–Crippen LogP) is 0.0749. The fourth-order valence-corrected chi connectivity index (χ4v) is 1.53. The molecule has 0 saturated heterocycles. The van der Waals surface area contributed by atoms with E-state index in [0.29, 0.717) is 18.8 Å². The average Bonchev–Trinajstić information content (AvgIpc) is 2.59. The molecular weight excluding hydrogens is 202 g/mol. The van der Waals surface area contributed by atoms with Gasteiger partial charge in [-0.05, 0) is 6.07 Å². The van der Waals surface area contributed by atoms with Gasteiger partial charge < -0.3 is 15.1 Å². The SMILES string of the molecule is O=C(O)c1cc2n(n1)CCN(C(=O)O)C2. The lowest BCUT2D eigenvalue weighted by molar-refractivity contribution is 0.0688. The second-order valence-electron chi connectivity index (χ2n) is 3.25. The summed E-state index contributed by atoms with van der Waals surface area (Å²) >= 11 is 0.